The average Bonchev–Trinajstić information content (AvgIpc) is 3.44. The van der Waals surface area contributed by atoms with Crippen molar-refractivity contribution in [1.82, 2.24) is 40.3 Å². The number of carbonyl (C=O) groups is 1. The molecule has 13 nitrogen and oxygen atoms in total. The molecule has 0 unspecified atom stereocenters. The molecule has 36 heavy (non-hydrogen) atoms. The molecule has 0 bridgehead atoms. The first-order valence-corrected chi connectivity index (χ1v) is 10.9. The molecule has 14 heteroatoms. The lowest BCUT2D eigenvalue weighted by Gasteiger charge is -2.17. The Morgan fingerprint density at radius 2 is 2.06 bits per heavy atom. The van der Waals surface area contributed by atoms with Gasteiger partial charge in [-0.05, 0) is 18.2 Å². The highest BCUT2D eigenvalue weighted by atomic mass is 19.1. The number of amides is 1. The summed E-state index contributed by atoms with van der Waals surface area (Å²) in [5, 5.41) is 24.3. The molecule has 0 saturated carbocycles. The lowest BCUT2D eigenvalue weighted by atomic mass is 10.1. The van der Waals surface area contributed by atoms with Gasteiger partial charge in [-0.3, -0.25) is 24.8 Å². The first-order chi connectivity index (χ1) is 17.5. The summed E-state index contributed by atoms with van der Waals surface area (Å²) in [6, 6.07) is 6.72. The molecule has 1 aliphatic heterocycles. The number of nitrogens with one attached hydrogen (secondary N) is 3. The predicted molar refractivity (Wildman–Crippen MR) is 123 cm³/mol. The normalized spacial score (nSPS) is 21.6. The lowest BCUT2D eigenvalue weighted by molar-refractivity contribution is -0.138. The molecule has 0 aliphatic carbocycles. The van der Waals surface area contributed by atoms with E-state index in [0.717, 1.165) is 11.9 Å². The Hall–Kier alpha value is -4.11. The molecule has 1 aliphatic rings. The standard InChI is InChI=1S/C22H22FN9O4/c1-24-31-21(35)17-15(33)16(34)22(36-17)32-10-28-14-19(27-9-13-4-2-3-5-26-13)29-18(30-20(14)32)11-6-12(23)8-25-7-11/h2-8,10,15-17,22,24,33-34H,9H2,1H3,(H,31,35)(H,27,29,30)/t15-,16+,17-,22+/m0/s1. The number of halogens is 1. The fraction of sp³-hybridized carbons (Fsp3) is 0.273. The van der Waals surface area contributed by atoms with Crippen molar-refractivity contribution >= 4 is 22.9 Å². The van der Waals surface area contributed by atoms with E-state index in [9.17, 15) is 19.4 Å². The minimum atomic E-state index is -1.50. The number of ether oxygens (including phenoxy) is 1. The Balaban J connectivity index is 1.56. The molecule has 1 saturated heterocycles. The molecule has 0 radical (unpaired) electrons. The van der Waals surface area contributed by atoms with Crippen molar-refractivity contribution in [3.63, 3.8) is 0 Å². The quantitative estimate of drug-likeness (QED) is 0.217. The summed E-state index contributed by atoms with van der Waals surface area (Å²) in [5.74, 6) is -0.767. The third-order valence-corrected chi connectivity index (χ3v) is 5.57. The summed E-state index contributed by atoms with van der Waals surface area (Å²) in [7, 11) is 1.48. The molecule has 5 heterocycles. The number of imidazole rings is 1. The number of aliphatic hydroxyl groups excluding tert-OH is 2. The van der Waals surface area contributed by atoms with Gasteiger partial charge in [-0.25, -0.2) is 24.8 Å². The van der Waals surface area contributed by atoms with Crippen LogP contribution in [0, 0.1) is 5.82 Å². The number of anilines is 1. The van der Waals surface area contributed by atoms with Gasteiger partial charge in [0.25, 0.3) is 5.91 Å². The van der Waals surface area contributed by atoms with Crippen LogP contribution < -0.4 is 16.2 Å². The number of aromatic nitrogens is 6. The van der Waals surface area contributed by atoms with Crippen LogP contribution in [0.15, 0.2) is 49.2 Å². The minimum Gasteiger partial charge on any atom is -0.387 e. The zero-order valence-corrected chi connectivity index (χ0v) is 18.9. The average molecular weight is 495 g/mol. The highest BCUT2D eigenvalue weighted by Crippen LogP contribution is 2.33. The Kier molecular flexibility index (Phi) is 6.47. The maximum Gasteiger partial charge on any atom is 0.266 e. The van der Waals surface area contributed by atoms with E-state index in [0.29, 0.717) is 23.4 Å². The zero-order chi connectivity index (χ0) is 25.2. The van der Waals surface area contributed by atoms with Gasteiger partial charge in [0.1, 0.15) is 18.0 Å². The van der Waals surface area contributed by atoms with Gasteiger partial charge in [0.2, 0.25) is 0 Å². The molecule has 5 rings (SSSR count). The summed E-state index contributed by atoms with van der Waals surface area (Å²) < 4.78 is 21.0. The van der Waals surface area contributed by atoms with E-state index in [1.807, 2.05) is 12.1 Å². The molecule has 4 aromatic rings. The second-order valence-electron chi connectivity index (χ2n) is 7.95. The fourth-order valence-electron chi connectivity index (χ4n) is 3.87. The number of hydrogen-bond donors (Lipinski definition) is 5. The second-order valence-corrected chi connectivity index (χ2v) is 7.95. The lowest BCUT2D eigenvalue weighted by Crippen LogP contribution is -2.46. The van der Waals surface area contributed by atoms with Gasteiger partial charge in [-0.1, -0.05) is 6.07 Å². The zero-order valence-electron chi connectivity index (χ0n) is 18.9. The van der Waals surface area contributed by atoms with Gasteiger partial charge in [-0.15, -0.1) is 0 Å². The monoisotopic (exact) mass is 495 g/mol. The number of rotatable bonds is 7. The number of fused-ring (bicyclic) bond motifs is 1. The topological polar surface area (TPSA) is 172 Å². The van der Waals surface area contributed by atoms with Crippen LogP contribution in [0.4, 0.5) is 10.2 Å². The van der Waals surface area contributed by atoms with Crippen molar-refractivity contribution in [1.29, 1.82) is 0 Å². The van der Waals surface area contributed by atoms with Gasteiger partial charge >= 0.3 is 0 Å². The number of pyridine rings is 2. The van der Waals surface area contributed by atoms with E-state index in [2.05, 4.69) is 41.1 Å². The van der Waals surface area contributed by atoms with Crippen molar-refractivity contribution in [3.8, 4) is 11.4 Å². The molecular weight excluding hydrogens is 473 g/mol. The number of aliphatic hydroxyl groups is 2. The summed E-state index contributed by atoms with van der Waals surface area (Å²) in [5.41, 5.74) is 6.39. The van der Waals surface area contributed by atoms with Gasteiger partial charge in [0.05, 0.1) is 24.8 Å². The smallest absolute Gasteiger partial charge is 0.266 e. The van der Waals surface area contributed by atoms with Crippen LogP contribution in [0.3, 0.4) is 0 Å². The summed E-state index contributed by atoms with van der Waals surface area (Å²) >= 11 is 0. The minimum absolute atomic E-state index is 0.136. The van der Waals surface area contributed by atoms with Crippen molar-refractivity contribution in [2.45, 2.75) is 31.1 Å². The maximum absolute atomic E-state index is 13.9. The Bertz CT molecular complexity index is 1390. The molecular formula is C22H22FN9O4. The van der Waals surface area contributed by atoms with E-state index >= 15 is 0 Å². The van der Waals surface area contributed by atoms with Gasteiger partial charge in [0, 0.05) is 25.0 Å². The number of hydrogen-bond acceptors (Lipinski definition) is 11. The number of nitrogens with zero attached hydrogens (tertiary/aromatic N) is 6. The Morgan fingerprint density at radius 3 is 2.81 bits per heavy atom. The van der Waals surface area contributed by atoms with Crippen LogP contribution in [0.2, 0.25) is 0 Å². The van der Waals surface area contributed by atoms with E-state index in [1.165, 1.54) is 30.2 Å². The molecule has 0 spiro atoms. The van der Waals surface area contributed by atoms with Crippen LogP contribution >= 0.6 is 0 Å². The molecule has 4 atom stereocenters. The summed E-state index contributed by atoms with van der Waals surface area (Å²) in [4.78, 5) is 33.8. The molecule has 4 aromatic heterocycles. The van der Waals surface area contributed by atoms with E-state index in [4.69, 9.17) is 4.74 Å². The first-order valence-electron chi connectivity index (χ1n) is 10.9. The predicted octanol–water partition coefficient (Wildman–Crippen LogP) is -0.0957. The van der Waals surface area contributed by atoms with Crippen molar-refractivity contribution in [3.05, 3.63) is 60.7 Å². The summed E-state index contributed by atoms with van der Waals surface area (Å²) in [6.07, 6.45) is 0.00211. The number of hydrazine groups is 1. The highest BCUT2D eigenvalue weighted by molar-refractivity contribution is 5.85. The SMILES string of the molecule is CNNC(=O)[C@H]1O[C@@H](n2cnc3c(NCc4ccccn4)nc(-c4cncc(F)c4)nc32)[C@H](O)[C@@H]1O. The van der Waals surface area contributed by atoms with Crippen molar-refractivity contribution in [2.24, 2.45) is 0 Å². The van der Waals surface area contributed by atoms with E-state index < -0.39 is 36.3 Å². The van der Waals surface area contributed by atoms with Crippen molar-refractivity contribution in [2.75, 3.05) is 12.4 Å². The fourth-order valence-corrected chi connectivity index (χ4v) is 3.87. The van der Waals surface area contributed by atoms with Crippen LogP contribution in [0.5, 0.6) is 0 Å². The van der Waals surface area contributed by atoms with Crippen LogP contribution in [-0.4, -0.2) is 71.0 Å². The maximum atomic E-state index is 13.9. The largest absolute Gasteiger partial charge is 0.387 e. The molecule has 1 amide bonds. The van der Waals surface area contributed by atoms with Gasteiger partial charge < -0.3 is 20.3 Å². The van der Waals surface area contributed by atoms with E-state index in [1.54, 1.807) is 12.3 Å². The summed E-state index contributed by atoms with van der Waals surface area (Å²) in [6.45, 7) is 0.314. The van der Waals surface area contributed by atoms with Crippen LogP contribution in [0.25, 0.3) is 22.6 Å². The molecule has 5 N–H and O–H groups in total. The highest BCUT2D eigenvalue weighted by Gasteiger charge is 2.47. The van der Waals surface area contributed by atoms with Crippen LogP contribution in [-0.2, 0) is 16.1 Å². The molecule has 186 valence electrons. The third kappa shape index (κ3) is 4.45. The molecule has 1 fully saturated rings. The third-order valence-electron chi connectivity index (χ3n) is 5.57. The van der Waals surface area contributed by atoms with Gasteiger partial charge in [-0.2, -0.15) is 0 Å². The van der Waals surface area contributed by atoms with Crippen LogP contribution in [0.1, 0.15) is 11.9 Å². The van der Waals surface area contributed by atoms with E-state index in [-0.39, 0.29) is 11.5 Å². The van der Waals surface area contributed by atoms with Crippen molar-refractivity contribution < 1.29 is 24.1 Å². The second kappa shape index (κ2) is 9.87. The first kappa shape index (κ1) is 23.6. The van der Waals surface area contributed by atoms with Gasteiger partial charge in [0.15, 0.2) is 35.1 Å². The Morgan fingerprint density at radius 1 is 1.19 bits per heavy atom. The molecule has 0 aromatic carbocycles. The Labute approximate surface area is 203 Å². The number of carbonyl (C=O) groups excluding carboxylic acids is 1.